The molecule has 1 N–H and O–H groups in total. The molecule has 124 valence electrons. The van der Waals surface area contributed by atoms with E-state index in [1.165, 1.54) is 36.4 Å². The molecule has 1 aliphatic carbocycles. The molecular weight excluding hydrogens is 329 g/mol. The van der Waals surface area contributed by atoms with E-state index >= 15 is 0 Å². The van der Waals surface area contributed by atoms with Gasteiger partial charge in [-0.25, -0.2) is 12.8 Å². The van der Waals surface area contributed by atoms with Gasteiger partial charge in [0.05, 0.1) is 22.8 Å². The third-order valence-electron chi connectivity index (χ3n) is 4.64. The molecule has 0 heterocycles. The Balaban J connectivity index is 2.06. The molecule has 4 nitrogen and oxygen atoms in total. The Hall–Kier alpha value is -2.23. The zero-order valence-electron chi connectivity index (χ0n) is 13.0. The van der Waals surface area contributed by atoms with Gasteiger partial charge in [0.2, 0.25) is 0 Å². The van der Waals surface area contributed by atoms with Gasteiger partial charge in [0, 0.05) is 5.92 Å². The normalized spacial score (nSPS) is 25.9. The molecule has 1 aliphatic rings. The van der Waals surface area contributed by atoms with E-state index in [-0.39, 0.29) is 4.90 Å². The number of aliphatic hydroxyl groups excluding tert-OH is 1. The van der Waals surface area contributed by atoms with Crippen LogP contribution in [0.4, 0.5) is 4.39 Å². The minimum absolute atomic E-state index is 0.121. The maximum atomic E-state index is 13.1. The average molecular weight is 345 g/mol. The van der Waals surface area contributed by atoms with Gasteiger partial charge in [0.1, 0.15) is 11.2 Å². The first-order chi connectivity index (χ1) is 11.4. The number of aliphatic hydroxyl groups is 1. The Morgan fingerprint density at radius 3 is 2.25 bits per heavy atom. The van der Waals surface area contributed by atoms with Crippen LogP contribution in [0, 0.1) is 29.5 Å². The monoisotopic (exact) mass is 345 g/mol. The number of halogens is 1. The number of hydrogen-bond donors (Lipinski definition) is 1. The Morgan fingerprint density at radius 2 is 1.75 bits per heavy atom. The first-order valence-corrected chi connectivity index (χ1v) is 8.99. The van der Waals surface area contributed by atoms with E-state index in [9.17, 15) is 23.2 Å². The van der Waals surface area contributed by atoms with Gasteiger partial charge in [0.25, 0.3) is 0 Å². The SMILES string of the molecule is Cc1ccc(S(=O)(=O)[C@H]2[C@@H](c3ccc(F)cc3)[C@@]2(C#N)CO)cc1. The molecular formula is C18H16FNO3S. The van der Waals surface area contributed by atoms with Crippen LogP contribution in [0.15, 0.2) is 53.4 Å². The summed E-state index contributed by atoms with van der Waals surface area (Å²) >= 11 is 0. The highest BCUT2D eigenvalue weighted by Gasteiger charge is 2.72. The van der Waals surface area contributed by atoms with Crippen molar-refractivity contribution in [2.45, 2.75) is 23.0 Å². The van der Waals surface area contributed by atoms with Crippen LogP contribution in [0.1, 0.15) is 17.0 Å². The van der Waals surface area contributed by atoms with Crippen LogP contribution in [-0.4, -0.2) is 25.4 Å². The lowest BCUT2D eigenvalue weighted by Crippen LogP contribution is -2.18. The van der Waals surface area contributed by atoms with E-state index in [1.54, 1.807) is 12.1 Å². The second kappa shape index (κ2) is 5.69. The van der Waals surface area contributed by atoms with Crippen molar-refractivity contribution >= 4 is 9.84 Å². The summed E-state index contributed by atoms with van der Waals surface area (Å²) < 4.78 is 39.0. The summed E-state index contributed by atoms with van der Waals surface area (Å²) in [6.07, 6.45) is 0. The average Bonchev–Trinajstić information content (AvgIpc) is 3.26. The molecule has 0 bridgehead atoms. The smallest absolute Gasteiger partial charge is 0.183 e. The maximum absolute atomic E-state index is 13.1. The molecule has 0 saturated heterocycles. The Bertz CT molecular complexity index is 901. The number of aryl methyl sites for hydroxylation is 1. The fraction of sp³-hybridized carbons (Fsp3) is 0.278. The van der Waals surface area contributed by atoms with Crippen molar-refractivity contribution in [3.8, 4) is 6.07 Å². The number of rotatable bonds is 4. The topological polar surface area (TPSA) is 78.2 Å². The van der Waals surface area contributed by atoms with Crippen molar-refractivity contribution in [3.05, 3.63) is 65.5 Å². The van der Waals surface area contributed by atoms with Gasteiger partial charge in [0.15, 0.2) is 9.84 Å². The minimum Gasteiger partial charge on any atom is -0.395 e. The predicted octanol–water partition coefficient (Wildman–Crippen LogP) is 2.58. The lowest BCUT2D eigenvalue weighted by molar-refractivity contribution is 0.242. The molecule has 1 saturated carbocycles. The molecule has 3 rings (SSSR count). The van der Waals surface area contributed by atoms with Gasteiger partial charge in [-0.1, -0.05) is 29.8 Å². The molecule has 3 atom stereocenters. The zero-order valence-corrected chi connectivity index (χ0v) is 13.8. The molecule has 0 aromatic heterocycles. The standard InChI is InChI=1S/C18H16FNO3S/c1-12-2-8-15(9-3-12)24(22,23)17-16(18(17,10-20)11-21)13-4-6-14(19)7-5-13/h2-9,16-17,21H,11H2,1H3/t16-,17+,18-/m1/s1. The van der Waals surface area contributed by atoms with Gasteiger partial charge < -0.3 is 5.11 Å². The Labute approximate surface area is 140 Å². The van der Waals surface area contributed by atoms with E-state index in [0.717, 1.165) is 5.56 Å². The van der Waals surface area contributed by atoms with E-state index in [2.05, 4.69) is 0 Å². The van der Waals surface area contributed by atoms with Crippen LogP contribution in [0.5, 0.6) is 0 Å². The number of nitriles is 1. The largest absolute Gasteiger partial charge is 0.395 e. The maximum Gasteiger partial charge on any atom is 0.183 e. The van der Waals surface area contributed by atoms with Crippen molar-refractivity contribution in [3.63, 3.8) is 0 Å². The third-order valence-corrected chi connectivity index (χ3v) is 6.93. The summed E-state index contributed by atoms with van der Waals surface area (Å²) in [6.45, 7) is 1.28. The van der Waals surface area contributed by atoms with Crippen LogP contribution >= 0.6 is 0 Å². The first-order valence-electron chi connectivity index (χ1n) is 7.45. The highest BCUT2D eigenvalue weighted by molar-refractivity contribution is 7.92. The van der Waals surface area contributed by atoms with Crippen LogP contribution in [0.3, 0.4) is 0 Å². The highest BCUT2D eigenvalue weighted by atomic mass is 32.2. The summed E-state index contributed by atoms with van der Waals surface area (Å²) in [5, 5.41) is 18.2. The summed E-state index contributed by atoms with van der Waals surface area (Å²) in [6, 6.07) is 13.7. The lowest BCUT2D eigenvalue weighted by atomic mass is 10.0. The summed E-state index contributed by atoms with van der Waals surface area (Å²) in [5.41, 5.74) is 0.0582. The van der Waals surface area contributed by atoms with Crippen LogP contribution < -0.4 is 0 Å². The van der Waals surface area contributed by atoms with E-state index in [0.29, 0.717) is 5.56 Å². The van der Waals surface area contributed by atoms with Gasteiger partial charge in [-0.05, 0) is 36.8 Å². The second-order valence-electron chi connectivity index (χ2n) is 6.12. The Morgan fingerprint density at radius 1 is 1.17 bits per heavy atom. The summed E-state index contributed by atoms with van der Waals surface area (Å²) in [5.74, 6) is -1.12. The molecule has 1 fully saturated rings. The van der Waals surface area contributed by atoms with Crippen LogP contribution in [0.25, 0.3) is 0 Å². The van der Waals surface area contributed by atoms with Crippen molar-refractivity contribution in [1.82, 2.24) is 0 Å². The predicted molar refractivity (Wildman–Crippen MR) is 86.4 cm³/mol. The van der Waals surface area contributed by atoms with Crippen molar-refractivity contribution in [2.75, 3.05) is 6.61 Å². The molecule has 2 aromatic rings. The molecule has 0 radical (unpaired) electrons. The number of nitrogens with zero attached hydrogens (tertiary/aromatic N) is 1. The number of benzene rings is 2. The van der Waals surface area contributed by atoms with Gasteiger partial charge in [-0.15, -0.1) is 0 Å². The molecule has 0 amide bonds. The molecule has 2 aromatic carbocycles. The van der Waals surface area contributed by atoms with Gasteiger partial charge in [-0.2, -0.15) is 5.26 Å². The molecule has 0 unspecified atom stereocenters. The molecule has 6 heteroatoms. The van der Waals surface area contributed by atoms with E-state index in [4.69, 9.17) is 0 Å². The van der Waals surface area contributed by atoms with E-state index in [1.807, 2.05) is 13.0 Å². The van der Waals surface area contributed by atoms with E-state index < -0.39 is 38.8 Å². The van der Waals surface area contributed by atoms with Crippen LogP contribution in [-0.2, 0) is 9.84 Å². The summed E-state index contributed by atoms with van der Waals surface area (Å²) in [4.78, 5) is 0.121. The third kappa shape index (κ3) is 2.41. The fourth-order valence-corrected chi connectivity index (χ4v) is 5.55. The second-order valence-corrected chi connectivity index (χ2v) is 8.19. The minimum atomic E-state index is -3.80. The first kappa shape index (κ1) is 16.6. The molecule has 0 aliphatic heterocycles. The molecule has 0 spiro atoms. The quantitative estimate of drug-likeness (QED) is 0.924. The van der Waals surface area contributed by atoms with Gasteiger partial charge in [-0.3, -0.25) is 0 Å². The van der Waals surface area contributed by atoms with Gasteiger partial charge >= 0.3 is 0 Å². The number of hydrogen-bond acceptors (Lipinski definition) is 4. The van der Waals surface area contributed by atoms with Crippen molar-refractivity contribution in [1.29, 1.82) is 5.26 Å². The highest BCUT2D eigenvalue weighted by Crippen LogP contribution is 2.63. The van der Waals surface area contributed by atoms with Crippen LogP contribution in [0.2, 0.25) is 0 Å². The Kier molecular flexibility index (Phi) is 3.94. The molecule has 24 heavy (non-hydrogen) atoms. The van der Waals surface area contributed by atoms with Crippen molar-refractivity contribution < 1.29 is 17.9 Å². The fourth-order valence-electron chi connectivity index (χ4n) is 3.23. The lowest BCUT2D eigenvalue weighted by Gasteiger charge is -2.06. The number of sulfone groups is 1. The van der Waals surface area contributed by atoms with Crippen molar-refractivity contribution in [2.24, 2.45) is 5.41 Å². The zero-order chi connectivity index (χ0) is 17.5. The summed E-state index contributed by atoms with van der Waals surface area (Å²) in [7, 11) is -3.80.